The lowest BCUT2D eigenvalue weighted by Gasteiger charge is -2.04. The minimum absolute atomic E-state index is 0.0247. The highest BCUT2D eigenvalue weighted by molar-refractivity contribution is 6.03. The van der Waals surface area contributed by atoms with Crippen LogP contribution in [0.4, 0.5) is 14.6 Å². The van der Waals surface area contributed by atoms with Gasteiger partial charge in [0.1, 0.15) is 17.2 Å². The number of nitrogens with one attached hydrogen (secondary N) is 2. The van der Waals surface area contributed by atoms with Crippen molar-refractivity contribution in [3.8, 4) is 11.3 Å². The summed E-state index contributed by atoms with van der Waals surface area (Å²) in [6, 6.07) is 8.58. The first-order valence-corrected chi connectivity index (χ1v) is 8.46. The molecule has 0 aliphatic carbocycles. The Hall–Kier alpha value is -3.62. The van der Waals surface area contributed by atoms with Gasteiger partial charge in [-0.15, -0.1) is 0 Å². The minimum Gasteiger partial charge on any atom is -0.354 e. The molecule has 0 aromatic carbocycles. The molecule has 142 valence electrons. The van der Waals surface area contributed by atoms with E-state index in [1.54, 1.807) is 18.5 Å². The van der Waals surface area contributed by atoms with E-state index in [-0.39, 0.29) is 5.69 Å². The van der Waals surface area contributed by atoms with Gasteiger partial charge in [-0.05, 0) is 31.2 Å². The number of fused-ring (bicyclic) bond motifs is 1. The summed E-state index contributed by atoms with van der Waals surface area (Å²) in [4.78, 5) is 24.1. The van der Waals surface area contributed by atoms with Crippen molar-refractivity contribution in [3.63, 3.8) is 0 Å². The molecule has 9 heteroatoms. The number of anilines is 1. The molecule has 4 aromatic rings. The molecule has 0 aliphatic heterocycles. The van der Waals surface area contributed by atoms with Gasteiger partial charge in [-0.3, -0.25) is 14.5 Å². The number of pyridine rings is 2. The van der Waals surface area contributed by atoms with Gasteiger partial charge >= 0.3 is 0 Å². The van der Waals surface area contributed by atoms with Gasteiger partial charge in [0.05, 0.1) is 5.52 Å². The van der Waals surface area contributed by atoms with Crippen molar-refractivity contribution in [2.24, 2.45) is 7.05 Å². The average Bonchev–Trinajstić information content (AvgIpc) is 3.25. The Bertz CT molecular complexity index is 1180. The monoisotopic (exact) mass is 382 g/mol. The molecule has 0 radical (unpaired) electrons. The molecule has 2 N–H and O–H groups in total. The van der Waals surface area contributed by atoms with Gasteiger partial charge in [0, 0.05) is 47.8 Å². The number of rotatable bonds is 4. The Kier molecular flexibility index (Phi) is 4.34. The molecule has 1 amide bonds. The number of alkyl halides is 2. The predicted octanol–water partition coefficient (Wildman–Crippen LogP) is 3.86. The van der Waals surface area contributed by atoms with Crippen LogP contribution < -0.4 is 5.32 Å². The van der Waals surface area contributed by atoms with E-state index in [1.807, 2.05) is 25.1 Å². The van der Waals surface area contributed by atoms with Crippen molar-refractivity contribution < 1.29 is 13.6 Å². The quantitative estimate of drug-likeness (QED) is 0.561. The van der Waals surface area contributed by atoms with E-state index in [1.165, 1.54) is 7.05 Å². The second kappa shape index (κ2) is 6.84. The lowest BCUT2D eigenvalue weighted by Crippen LogP contribution is -2.16. The number of aryl methyl sites for hydroxylation is 2. The van der Waals surface area contributed by atoms with Crippen LogP contribution in [0.3, 0.4) is 0 Å². The van der Waals surface area contributed by atoms with Crippen molar-refractivity contribution in [1.82, 2.24) is 24.7 Å². The van der Waals surface area contributed by atoms with Crippen molar-refractivity contribution >= 4 is 22.6 Å². The second-order valence-electron chi connectivity index (χ2n) is 6.36. The summed E-state index contributed by atoms with van der Waals surface area (Å²) < 4.78 is 26.6. The standard InChI is InChI=1S/C19H16F2N6O/c1-10-5-11(3-4-22-10)13-6-12-9-23-17(8-14(12)24-13)25-19(28)16-7-15(18(20)21)26-27(16)2/h3-9,18,24H,1-2H3,(H,23,25,28). The largest absolute Gasteiger partial charge is 0.354 e. The van der Waals surface area contributed by atoms with E-state index in [9.17, 15) is 13.6 Å². The Morgan fingerprint density at radius 1 is 1.21 bits per heavy atom. The molecule has 0 unspecified atom stereocenters. The first-order valence-electron chi connectivity index (χ1n) is 8.46. The van der Waals surface area contributed by atoms with Gasteiger partial charge in [-0.2, -0.15) is 5.10 Å². The minimum atomic E-state index is -2.74. The Morgan fingerprint density at radius 2 is 2.04 bits per heavy atom. The van der Waals surface area contributed by atoms with Crippen LogP contribution in [0.5, 0.6) is 0 Å². The molecular formula is C19H16F2N6O. The highest BCUT2D eigenvalue weighted by atomic mass is 19.3. The molecule has 28 heavy (non-hydrogen) atoms. The highest BCUT2D eigenvalue weighted by Gasteiger charge is 2.19. The first-order chi connectivity index (χ1) is 13.4. The molecular weight excluding hydrogens is 366 g/mol. The van der Waals surface area contributed by atoms with Crippen LogP contribution in [0.15, 0.2) is 42.7 Å². The molecule has 4 heterocycles. The van der Waals surface area contributed by atoms with Crippen LogP contribution in [0, 0.1) is 6.92 Å². The lowest BCUT2D eigenvalue weighted by atomic mass is 10.2. The molecule has 7 nitrogen and oxygen atoms in total. The molecule has 0 atom stereocenters. The number of nitrogens with zero attached hydrogens (tertiary/aromatic N) is 4. The van der Waals surface area contributed by atoms with E-state index in [4.69, 9.17) is 0 Å². The summed E-state index contributed by atoms with van der Waals surface area (Å²) in [5.74, 6) is -0.262. The summed E-state index contributed by atoms with van der Waals surface area (Å²) in [7, 11) is 1.44. The Balaban J connectivity index is 1.60. The molecule has 0 bridgehead atoms. The van der Waals surface area contributed by atoms with Gasteiger partial charge in [-0.1, -0.05) is 0 Å². The first kappa shape index (κ1) is 17.8. The maximum Gasteiger partial charge on any atom is 0.282 e. The van der Waals surface area contributed by atoms with Crippen molar-refractivity contribution in [2.45, 2.75) is 13.3 Å². The van der Waals surface area contributed by atoms with Gasteiger partial charge in [0.15, 0.2) is 0 Å². The maximum absolute atomic E-state index is 12.8. The SMILES string of the molecule is Cc1cc(-c2cc3cnc(NC(=O)c4cc(C(F)F)nn4C)cc3[nH]2)ccn1. The predicted molar refractivity (Wildman–Crippen MR) is 100 cm³/mol. The molecule has 4 rings (SSSR count). The van der Waals surface area contributed by atoms with Gasteiger partial charge < -0.3 is 10.3 Å². The number of amides is 1. The van der Waals surface area contributed by atoms with E-state index in [2.05, 4.69) is 25.4 Å². The third-order valence-electron chi connectivity index (χ3n) is 4.31. The van der Waals surface area contributed by atoms with E-state index >= 15 is 0 Å². The summed E-state index contributed by atoms with van der Waals surface area (Å²) in [5, 5.41) is 7.13. The van der Waals surface area contributed by atoms with E-state index < -0.39 is 18.0 Å². The summed E-state index contributed by atoms with van der Waals surface area (Å²) in [6.07, 6.45) is 0.630. The summed E-state index contributed by atoms with van der Waals surface area (Å²) >= 11 is 0. The van der Waals surface area contributed by atoms with Crippen molar-refractivity contribution in [3.05, 3.63) is 59.8 Å². The van der Waals surface area contributed by atoms with Gasteiger partial charge in [0.25, 0.3) is 12.3 Å². The Morgan fingerprint density at radius 3 is 2.75 bits per heavy atom. The van der Waals surface area contributed by atoms with Gasteiger partial charge in [-0.25, -0.2) is 13.8 Å². The fourth-order valence-electron chi connectivity index (χ4n) is 2.95. The Labute approximate surface area is 158 Å². The van der Waals surface area contributed by atoms with Crippen molar-refractivity contribution in [1.29, 1.82) is 0 Å². The third-order valence-corrected chi connectivity index (χ3v) is 4.31. The molecule has 0 spiro atoms. The number of halogens is 2. The highest BCUT2D eigenvalue weighted by Crippen LogP contribution is 2.25. The number of aromatic nitrogens is 5. The van der Waals surface area contributed by atoms with E-state index in [0.717, 1.165) is 38.6 Å². The number of hydrogen-bond acceptors (Lipinski definition) is 4. The average molecular weight is 382 g/mol. The number of aromatic amines is 1. The van der Waals surface area contributed by atoms with Crippen LogP contribution in [0.2, 0.25) is 0 Å². The molecule has 0 saturated carbocycles. The molecule has 0 aliphatic rings. The molecule has 0 saturated heterocycles. The van der Waals surface area contributed by atoms with Gasteiger partial charge in [0.2, 0.25) is 0 Å². The van der Waals surface area contributed by atoms with E-state index in [0.29, 0.717) is 5.82 Å². The molecule has 0 fully saturated rings. The number of carbonyl (C=O) groups excluding carboxylic acids is 1. The third kappa shape index (κ3) is 3.34. The van der Waals surface area contributed by atoms with Crippen LogP contribution in [0.1, 0.15) is 28.3 Å². The fraction of sp³-hybridized carbons (Fsp3) is 0.158. The smallest absolute Gasteiger partial charge is 0.282 e. The number of H-pyrrole nitrogens is 1. The zero-order chi connectivity index (χ0) is 19.8. The van der Waals surface area contributed by atoms with Crippen LogP contribution in [0.25, 0.3) is 22.2 Å². The van der Waals surface area contributed by atoms with Crippen LogP contribution in [-0.4, -0.2) is 30.6 Å². The molecule has 4 aromatic heterocycles. The number of hydrogen-bond donors (Lipinski definition) is 2. The van der Waals surface area contributed by atoms with Crippen LogP contribution >= 0.6 is 0 Å². The second-order valence-corrected chi connectivity index (χ2v) is 6.36. The zero-order valence-electron chi connectivity index (χ0n) is 15.1. The fourth-order valence-corrected chi connectivity index (χ4v) is 2.95. The van der Waals surface area contributed by atoms with Crippen LogP contribution in [-0.2, 0) is 7.05 Å². The van der Waals surface area contributed by atoms with Crippen molar-refractivity contribution in [2.75, 3.05) is 5.32 Å². The lowest BCUT2D eigenvalue weighted by molar-refractivity contribution is 0.101. The topological polar surface area (TPSA) is 88.5 Å². The summed E-state index contributed by atoms with van der Waals surface area (Å²) in [5.41, 5.74) is 3.16. The zero-order valence-corrected chi connectivity index (χ0v) is 15.1. The maximum atomic E-state index is 12.8. The normalized spacial score (nSPS) is 11.3. The summed E-state index contributed by atoms with van der Waals surface area (Å²) in [6.45, 7) is 1.92. The number of carbonyl (C=O) groups is 1.